The Morgan fingerprint density at radius 1 is 1.12 bits per heavy atom. The third kappa shape index (κ3) is 6.44. The van der Waals surface area contributed by atoms with Crippen molar-refractivity contribution >= 4 is 56.4 Å². The first-order valence-electron chi connectivity index (χ1n) is 15.0. The smallest absolute Gasteiger partial charge is 0.263 e. The number of amides is 1. The summed E-state index contributed by atoms with van der Waals surface area (Å²) in [6, 6.07) is 8.50. The number of phenolic OH excluding ortho intramolecular Hbond substituents is 1. The summed E-state index contributed by atoms with van der Waals surface area (Å²) in [4.78, 5) is 46.0. The molecule has 12 nitrogen and oxygen atoms in total. The van der Waals surface area contributed by atoms with Gasteiger partial charge in [-0.2, -0.15) is 0 Å². The van der Waals surface area contributed by atoms with Crippen LogP contribution < -0.4 is 25.0 Å². The van der Waals surface area contributed by atoms with Crippen LogP contribution in [0.25, 0.3) is 0 Å². The van der Waals surface area contributed by atoms with E-state index in [1.165, 1.54) is 51.3 Å². The van der Waals surface area contributed by atoms with Crippen LogP contribution >= 0.6 is 23.2 Å². The van der Waals surface area contributed by atoms with Crippen molar-refractivity contribution in [2.24, 2.45) is 0 Å². The molecule has 0 spiro atoms. The molecular weight excluding hydrogens is 709 g/mol. The van der Waals surface area contributed by atoms with Crippen molar-refractivity contribution in [2.75, 3.05) is 18.4 Å². The number of nitrogens with one attached hydrogen (secondary N) is 3. The zero-order valence-corrected chi connectivity index (χ0v) is 29.9. The number of halogens is 2. The predicted octanol–water partition coefficient (Wildman–Crippen LogP) is 5.72. The molecule has 4 N–H and O–H groups in total. The fourth-order valence-corrected chi connectivity index (χ4v) is 7.79. The van der Waals surface area contributed by atoms with Crippen LogP contribution in [0.3, 0.4) is 0 Å². The molecule has 0 aromatic heterocycles. The number of ketones is 2. The Bertz CT molecular complexity index is 2140. The highest BCUT2D eigenvalue weighted by Gasteiger charge is 2.56. The summed E-state index contributed by atoms with van der Waals surface area (Å²) >= 11 is 12.0. The number of hydrogen-bond acceptors (Lipinski definition) is 10. The first-order valence-corrected chi connectivity index (χ1v) is 17.3. The summed E-state index contributed by atoms with van der Waals surface area (Å²) in [5.74, 6) is -2.58. The molecule has 0 bridgehead atoms. The minimum atomic E-state index is -4.05. The Morgan fingerprint density at radius 2 is 1.80 bits per heavy atom. The lowest BCUT2D eigenvalue weighted by Crippen LogP contribution is -2.41. The zero-order valence-electron chi connectivity index (χ0n) is 27.6. The van der Waals surface area contributed by atoms with Crippen molar-refractivity contribution in [3.8, 4) is 17.2 Å². The number of carbonyl (C=O) groups excluding carboxylic acids is 3. The molecule has 2 aliphatic rings. The summed E-state index contributed by atoms with van der Waals surface area (Å²) in [6.07, 6.45) is 2.63. The summed E-state index contributed by atoms with van der Waals surface area (Å²) < 4.78 is 40.1. The number of ether oxygens (including phenoxy) is 2. The second kappa shape index (κ2) is 13.8. The van der Waals surface area contributed by atoms with Crippen LogP contribution in [0, 0.1) is 13.8 Å². The van der Waals surface area contributed by atoms with Crippen LogP contribution in [0.2, 0.25) is 10.0 Å². The van der Waals surface area contributed by atoms with Gasteiger partial charge in [-0.05, 0) is 74.7 Å². The van der Waals surface area contributed by atoms with E-state index in [-0.39, 0.29) is 74.2 Å². The van der Waals surface area contributed by atoms with Gasteiger partial charge in [-0.1, -0.05) is 29.3 Å². The van der Waals surface area contributed by atoms with Crippen molar-refractivity contribution in [1.82, 2.24) is 10.8 Å². The fourth-order valence-electron chi connectivity index (χ4n) is 5.98. The molecule has 262 valence electrons. The average molecular weight is 743 g/mol. The predicted molar refractivity (Wildman–Crippen MR) is 187 cm³/mol. The number of Topliss-reactive ketones (excluding diaryl/α,β-unsaturated/α-hetero) is 1. The zero-order chi connectivity index (χ0) is 36.7. The van der Waals surface area contributed by atoms with Crippen LogP contribution in [0.5, 0.6) is 17.2 Å². The molecule has 0 saturated heterocycles. The van der Waals surface area contributed by atoms with Gasteiger partial charge in [-0.25, -0.2) is 8.42 Å². The second-order valence-electron chi connectivity index (χ2n) is 11.8. The van der Waals surface area contributed by atoms with Crippen molar-refractivity contribution in [1.29, 1.82) is 0 Å². The molecule has 5 rings (SSSR count). The molecule has 15 heteroatoms. The van der Waals surface area contributed by atoms with Gasteiger partial charge >= 0.3 is 0 Å². The van der Waals surface area contributed by atoms with Crippen molar-refractivity contribution in [3.05, 3.63) is 110 Å². The normalized spacial score (nSPS) is 17.6. The fraction of sp³-hybridized carbons (Fsp3) is 0.229. The van der Waals surface area contributed by atoms with Gasteiger partial charge in [0.2, 0.25) is 0 Å². The molecule has 0 unspecified atom stereocenters. The number of hydrogen-bond donors (Lipinski definition) is 4. The standard InChI is InChI=1S/C35H33Cl2N3O9S/c1-7-10-48-39-19(4)29-24(41)15-28-35(5,33(29)43)31-25(42)14-26(47-6)30(32(31)49-28)34(44)38-16-22-17(2)11-21(12-18(22)3)40-50(45,46)27-9-8-20(36)13-23(27)37/h7-9,11-15,39-40,42H,1,10,16H2,2-6H3,(H,38,44)/b29-19-/t35-/m1/s1. The van der Waals surface area contributed by atoms with Gasteiger partial charge in [-0.3, -0.25) is 29.4 Å². The number of allylic oxidation sites excluding steroid dienone is 4. The largest absolute Gasteiger partial charge is 0.507 e. The molecule has 0 fully saturated rings. The third-order valence-electron chi connectivity index (χ3n) is 8.42. The minimum absolute atomic E-state index is 0.00514. The van der Waals surface area contributed by atoms with E-state index in [0.29, 0.717) is 21.7 Å². The maximum Gasteiger partial charge on any atom is 0.263 e. The molecule has 3 aromatic carbocycles. The highest BCUT2D eigenvalue weighted by atomic mass is 35.5. The molecular formula is C35H33Cl2N3O9S. The number of fused-ring (bicyclic) bond motifs is 3. The number of hydroxylamine groups is 1. The van der Waals surface area contributed by atoms with Gasteiger partial charge in [0.25, 0.3) is 15.9 Å². The van der Waals surface area contributed by atoms with Gasteiger partial charge in [0.1, 0.15) is 33.1 Å². The number of methoxy groups -OCH3 is 1. The molecule has 3 aromatic rings. The van der Waals surface area contributed by atoms with E-state index < -0.39 is 32.9 Å². The first-order chi connectivity index (χ1) is 23.5. The molecule has 1 atom stereocenters. The van der Waals surface area contributed by atoms with E-state index in [9.17, 15) is 27.9 Å². The lowest BCUT2D eigenvalue weighted by molar-refractivity contribution is -0.123. The number of anilines is 1. The van der Waals surface area contributed by atoms with Crippen LogP contribution in [0.4, 0.5) is 5.69 Å². The Labute approximate surface area is 298 Å². The van der Waals surface area contributed by atoms with Crippen molar-refractivity contribution < 1.29 is 42.2 Å². The Kier molecular flexibility index (Phi) is 10.1. The average Bonchev–Trinajstić information content (AvgIpc) is 3.33. The molecule has 0 saturated carbocycles. The topological polar surface area (TPSA) is 169 Å². The van der Waals surface area contributed by atoms with Crippen LogP contribution in [-0.4, -0.2) is 44.7 Å². The lowest BCUT2D eigenvalue weighted by Gasteiger charge is -2.28. The number of aromatic hydroxyl groups is 1. The third-order valence-corrected chi connectivity index (χ3v) is 10.5. The van der Waals surface area contributed by atoms with Gasteiger partial charge in [0, 0.05) is 35.1 Å². The summed E-state index contributed by atoms with van der Waals surface area (Å²) in [6.45, 7) is 10.2. The summed E-state index contributed by atoms with van der Waals surface area (Å²) in [7, 11) is -2.74. The summed E-state index contributed by atoms with van der Waals surface area (Å²) in [5.41, 5.74) is 3.06. The van der Waals surface area contributed by atoms with Crippen molar-refractivity contribution in [2.45, 2.75) is 44.6 Å². The highest BCUT2D eigenvalue weighted by Crippen LogP contribution is 2.56. The van der Waals surface area contributed by atoms with E-state index in [1.807, 2.05) is 0 Å². The number of aryl methyl sites for hydroxylation is 2. The minimum Gasteiger partial charge on any atom is -0.507 e. The quantitative estimate of drug-likeness (QED) is 0.0627. The Hall–Kier alpha value is -4.82. The van der Waals surface area contributed by atoms with Crippen LogP contribution in [0.1, 0.15) is 46.5 Å². The highest BCUT2D eigenvalue weighted by molar-refractivity contribution is 7.92. The molecule has 0 radical (unpaired) electrons. The van der Waals surface area contributed by atoms with Crippen molar-refractivity contribution in [3.63, 3.8) is 0 Å². The first kappa shape index (κ1) is 36.5. The monoisotopic (exact) mass is 741 g/mol. The molecule has 1 heterocycles. The van der Waals surface area contributed by atoms with E-state index in [1.54, 1.807) is 26.0 Å². The Morgan fingerprint density at radius 3 is 2.42 bits per heavy atom. The molecule has 1 aliphatic heterocycles. The van der Waals surface area contributed by atoms with E-state index >= 15 is 0 Å². The number of rotatable bonds is 11. The molecule has 1 aliphatic carbocycles. The second-order valence-corrected chi connectivity index (χ2v) is 14.3. The Balaban J connectivity index is 1.44. The van der Waals surface area contributed by atoms with Gasteiger partial charge in [0.05, 0.1) is 29.9 Å². The number of carbonyl (C=O) groups is 3. The van der Waals surface area contributed by atoms with Gasteiger partial charge in [0.15, 0.2) is 17.3 Å². The van der Waals surface area contributed by atoms with Crippen LogP contribution in [0.15, 0.2) is 77.1 Å². The summed E-state index contributed by atoms with van der Waals surface area (Å²) in [5, 5.41) is 14.2. The number of phenols is 1. The maximum absolute atomic E-state index is 14.0. The molecule has 50 heavy (non-hydrogen) atoms. The molecule has 1 amide bonds. The maximum atomic E-state index is 14.0. The lowest BCUT2D eigenvalue weighted by atomic mass is 9.70. The van der Waals surface area contributed by atoms with E-state index in [0.717, 1.165) is 6.08 Å². The van der Waals surface area contributed by atoms with E-state index in [2.05, 4.69) is 22.1 Å². The van der Waals surface area contributed by atoms with Gasteiger partial charge < -0.3 is 19.9 Å². The SMILES string of the molecule is C=CCON/C(C)=C1/C(=O)C=C2Oc3c(C(=O)NCc4c(C)cc(NS(=O)(=O)c5ccc(Cl)cc5Cl)cc4C)c(OC)cc(O)c3[C@]2(C)C1=O. The van der Waals surface area contributed by atoms with Gasteiger partial charge in [-0.15, -0.1) is 6.58 Å². The number of benzene rings is 3. The van der Waals surface area contributed by atoms with Crippen LogP contribution in [-0.2, 0) is 36.4 Å². The number of sulfonamides is 1. The van der Waals surface area contributed by atoms with E-state index in [4.69, 9.17) is 37.5 Å².